The molecular weight excluding hydrogens is 438 g/mol. The van der Waals surface area contributed by atoms with E-state index in [0.29, 0.717) is 53.6 Å². The van der Waals surface area contributed by atoms with E-state index in [0.717, 1.165) is 12.8 Å². The molecule has 3 aromatic rings. The highest BCUT2D eigenvalue weighted by atomic mass is 16.5. The first-order valence-corrected chi connectivity index (χ1v) is 11.5. The van der Waals surface area contributed by atoms with Crippen molar-refractivity contribution in [2.45, 2.75) is 31.0 Å². The van der Waals surface area contributed by atoms with Gasteiger partial charge in [0.05, 0.1) is 37.2 Å². The lowest BCUT2D eigenvalue weighted by Crippen LogP contribution is -2.51. The number of nitrogens with one attached hydrogen (secondary N) is 3. The van der Waals surface area contributed by atoms with E-state index in [2.05, 4.69) is 26.0 Å². The van der Waals surface area contributed by atoms with E-state index >= 15 is 0 Å². The molecule has 1 amide bonds. The zero-order chi connectivity index (χ0) is 23.4. The summed E-state index contributed by atoms with van der Waals surface area (Å²) in [5, 5.41) is 13.8. The van der Waals surface area contributed by atoms with Gasteiger partial charge in [-0.15, -0.1) is 5.10 Å². The minimum absolute atomic E-state index is 0.0248. The van der Waals surface area contributed by atoms with E-state index < -0.39 is 0 Å². The van der Waals surface area contributed by atoms with Crippen LogP contribution in [0, 0.1) is 11.8 Å². The summed E-state index contributed by atoms with van der Waals surface area (Å²) >= 11 is 0. The molecular formula is C23H27N7O4. The molecule has 6 rings (SSSR count). The summed E-state index contributed by atoms with van der Waals surface area (Å²) in [5.41, 5.74) is 1.83. The van der Waals surface area contributed by atoms with E-state index in [1.807, 2.05) is 12.3 Å². The molecule has 3 aromatic heterocycles. The summed E-state index contributed by atoms with van der Waals surface area (Å²) in [6.07, 6.45) is 5.16. The van der Waals surface area contributed by atoms with Crippen molar-refractivity contribution in [2.75, 3.05) is 38.0 Å². The number of rotatable bonds is 7. The predicted molar refractivity (Wildman–Crippen MR) is 125 cm³/mol. The van der Waals surface area contributed by atoms with Crippen molar-refractivity contribution in [3.8, 4) is 0 Å². The molecule has 3 fully saturated rings. The Bertz CT molecular complexity index is 1310. The Morgan fingerprint density at radius 3 is 2.76 bits per heavy atom. The summed E-state index contributed by atoms with van der Waals surface area (Å²) in [7, 11) is 3.42. The average Bonchev–Trinajstić information content (AvgIpc) is 3.15. The van der Waals surface area contributed by atoms with Gasteiger partial charge in [0.15, 0.2) is 17.2 Å². The van der Waals surface area contributed by atoms with Crippen molar-refractivity contribution >= 4 is 28.7 Å². The SMILES string of the molecule is CNc1cc(Nc2cccn(C3[C@H]4COC[C@@H]34)c2=O)nn2c(C(=O)N[C@@H]3CC[C@H]3OC)cnc12. The second kappa shape index (κ2) is 8.10. The second-order valence-electron chi connectivity index (χ2n) is 9.12. The Hall–Kier alpha value is -3.44. The highest BCUT2D eigenvalue weighted by Gasteiger charge is 2.55. The number of fused-ring (bicyclic) bond motifs is 2. The summed E-state index contributed by atoms with van der Waals surface area (Å²) in [4.78, 5) is 30.5. The molecule has 2 aliphatic carbocycles. The molecule has 1 saturated heterocycles. The van der Waals surface area contributed by atoms with Gasteiger partial charge in [-0.05, 0) is 25.0 Å². The van der Waals surface area contributed by atoms with Crippen LogP contribution in [0.5, 0.6) is 0 Å². The maximum Gasteiger partial charge on any atom is 0.274 e. The molecule has 178 valence electrons. The normalized spacial score (nSPS) is 27.2. The zero-order valence-electron chi connectivity index (χ0n) is 19.0. The van der Waals surface area contributed by atoms with Gasteiger partial charge in [-0.2, -0.15) is 0 Å². The van der Waals surface area contributed by atoms with Gasteiger partial charge in [0.25, 0.3) is 11.5 Å². The molecule has 2 saturated carbocycles. The van der Waals surface area contributed by atoms with Crippen molar-refractivity contribution in [1.82, 2.24) is 24.5 Å². The van der Waals surface area contributed by atoms with Crippen molar-refractivity contribution in [3.05, 3.63) is 46.6 Å². The Labute approximate surface area is 195 Å². The van der Waals surface area contributed by atoms with Crippen LogP contribution in [-0.2, 0) is 9.47 Å². The van der Waals surface area contributed by atoms with E-state index in [9.17, 15) is 9.59 Å². The number of anilines is 3. The average molecular weight is 466 g/mol. The first-order chi connectivity index (χ1) is 16.6. The molecule has 11 nitrogen and oxygen atoms in total. The van der Waals surface area contributed by atoms with Crippen LogP contribution in [0.1, 0.15) is 29.4 Å². The fourth-order valence-corrected chi connectivity index (χ4v) is 5.13. The number of carbonyl (C=O) groups is 1. The van der Waals surface area contributed by atoms with Gasteiger partial charge in [0.2, 0.25) is 0 Å². The number of carbonyl (C=O) groups excluding carboxylic acids is 1. The number of aromatic nitrogens is 4. The molecule has 3 N–H and O–H groups in total. The van der Waals surface area contributed by atoms with Crippen LogP contribution < -0.4 is 21.5 Å². The van der Waals surface area contributed by atoms with Gasteiger partial charge < -0.3 is 30.0 Å². The minimum atomic E-state index is -0.268. The van der Waals surface area contributed by atoms with Crippen LogP contribution in [0.2, 0.25) is 0 Å². The molecule has 3 aliphatic rings. The van der Waals surface area contributed by atoms with Crippen molar-refractivity contribution in [1.29, 1.82) is 0 Å². The fraction of sp³-hybridized carbons (Fsp3) is 0.478. The van der Waals surface area contributed by atoms with E-state index in [1.165, 1.54) is 10.7 Å². The molecule has 0 aromatic carbocycles. The topological polar surface area (TPSA) is 124 Å². The molecule has 0 bridgehead atoms. The fourth-order valence-electron chi connectivity index (χ4n) is 5.13. The first kappa shape index (κ1) is 21.1. The standard InChI is InChI=1S/C23H27N7O4/c1-24-16-8-19(26-15-4-3-7-29(23(15)32)20-12-10-34-11-13(12)20)28-30-17(9-25-21(16)30)22(31)27-14-5-6-18(14)33-2/h3-4,7-9,12-14,18,20,24H,5-6,10-11H2,1-2H3,(H,26,28)(H,27,31)/t12-,13+,14-,18-,20?/m1/s1. The number of amides is 1. The molecule has 4 heterocycles. The predicted octanol–water partition coefficient (Wildman–Crippen LogP) is 1.40. The highest BCUT2D eigenvalue weighted by molar-refractivity contribution is 5.94. The number of methoxy groups -OCH3 is 1. The van der Waals surface area contributed by atoms with E-state index in [4.69, 9.17) is 9.47 Å². The van der Waals surface area contributed by atoms with Crippen molar-refractivity contribution in [3.63, 3.8) is 0 Å². The molecule has 0 radical (unpaired) electrons. The van der Waals surface area contributed by atoms with E-state index in [-0.39, 0.29) is 29.7 Å². The van der Waals surface area contributed by atoms with Gasteiger partial charge in [0.1, 0.15) is 5.69 Å². The number of pyridine rings is 1. The number of ether oxygens (including phenoxy) is 2. The molecule has 1 unspecified atom stereocenters. The Morgan fingerprint density at radius 1 is 1.24 bits per heavy atom. The Kier molecular flexibility index (Phi) is 5.03. The van der Waals surface area contributed by atoms with Crippen molar-refractivity contribution < 1.29 is 14.3 Å². The van der Waals surface area contributed by atoms with Crippen LogP contribution in [0.4, 0.5) is 17.2 Å². The van der Waals surface area contributed by atoms with Crippen molar-refractivity contribution in [2.24, 2.45) is 11.8 Å². The Morgan fingerprint density at radius 2 is 2.06 bits per heavy atom. The van der Waals surface area contributed by atoms with Crippen LogP contribution in [0.3, 0.4) is 0 Å². The summed E-state index contributed by atoms with van der Waals surface area (Å²) in [6, 6.07) is 5.53. The van der Waals surface area contributed by atoms with Gasteiger partial charge in [0, 0.05) is 44.3 Å². The van der Waals surface area contributed by atoms with Gasteiger partial charge in [-0.3, -0.25) is 9.59 Å². The third-order valence-electron chi connectivity index (χ3n) is 7.27. The largest absolute Gasteiger partial charge is 0.385 e. The van der Waals surface area contributed by atoms with Crippen LogP contribution in [0.25, 0.3) is 5.65 Å². The van der Waals surface area contributed by atoms with E-state index in [1.54, 1.807) is 30.9 Å². The lowest BCUT2D eigenvalue weighted by atomic mass is 9.89. The maximum absolute atomic E-state index is 13.2. The minimum Gasteiger partial charge on any atom is -0.385 e. The number of nitrogens with zero attached hydrogens (tertiary/aromatic N) is 4. The number of hydrogen-bond donors (Lipinski definition) is 3. The monoisotopic (exact) mass is 465 g/mol. The van der Waals surface area contributed by atoms with Gasteiger partial charge >= 0.3 is 0 Å². The lowest BCUT2D eigenvalue weighted by molar-refractivity contribution is 0.00718. The molecule has 11 heteroatoms. The lowest BCUT2D eigenvalue weighted by Gasteiger charge is -2.35. The Balaban J connectivity index is 1.30. The number of imidazole rings is 1. The zero-order valence-corrected chi connectivity index (χ0v) is 19.0. The third-order valence-corrected chi connectivity index (χ3v) is 7.27. The van der Waals surface area contributed by atoms with Crippen LogP contribution in [0.15, 0.2) is 35.4 Å². The number of hydrogen-bond acceptors (Lipinski definition) is 8. The molecule has 0 spiro atoms. The van der Waals surface area contributed by atoms with Crippen LogP contribution >= 0.6 is 0 Å². The maximum atomic E-state index is 13.2. The highest BCUT2D eigenvalue weighted by Crippen LogP contribution is 2.53. The van der Waals surface area contributed by atoms with Gasteiger partial charge in [-0.25, -0.2) is 9.50 Å². The molecule has 34 heavy (non-hydrogen) atoms. The second-order valence-corrected chi connectivity index (χ2v) is 9.12. The molecule has 5 atom stereocenters. The summed E-state index contributed by atoms with van der Waals surface area (Å²) in [6.45, 7) is 1.42. The van der Waals surface area contributed by atoms with Crippen LogP contribution in [-0.4, -0.2) is 64.6 Å². The summed E-state index contributed by atoms with van der Waals surface area (Å²) < 4.78 is 14.1. The third kappa shape index (κ3) is 3.34. The first-order valence-electron chi connectivity index (χ1n) is 11.5. The smallest absolute Gasteiger partial charge is 0.274 e. The summed E-state index contributed by atoms with van der Waals surface area (Å²) in [5.74, 6) is 0.990. The quantitative estimate of drug-likeness (QED) is 0.478. The molecule has 1 aliphatic heterocycles. The van der Waals surface area contributed by atoms with Gasteiger partial charge in [-0.1, -0.05) is 0 Å².